The van der Waals surface area contributed by atoms with Gasteiger partial charge in [-0.25, -0.2) is 0 Å². The first-order valence-electron chi connectivity index (χ1n) is 6.62. The van der Waals surface area contributed by atoms with Crippen molar-refractivity contribution in [2.24, 2.45) is 5.92 Å². The van der Waals surface area contributed by atoms with Crippen molar-refractivity contribution >= 4 is 5.78 Å². The summed E-state index contributed by atoms with van der Waals surface area (Å²) < 4.78 is 5.42. The van der Waals surface area contributed by atoms with Crippen molar-refractivity contribution in [1.82, 2.24) is 4.98 Å². The minimum atomic E-state index is 0.406. The fourth-order valence-electron chi connectivity index (χ4n) is 2.84. The molecule has 18 heavy (non-hydrogen) atoms. The molecular weight excluding hydrogens is 226 g/mol. The van der Waals surface area contributed by atoms with Gasteiger partial charge in [0.25, 0.3) is 0 Å². The van der Waals surface area contributed by atoms with Crippen LogP contribution in [-0.4, -0.2) is 17.9 Å². The molecular formula is C15H21NO2. The van der Waals surface area contributed by atoms with Gasteiger partial charge in [-0.1, -0.05) is 0 Å². The van der Waals surface area contributed by atoms with Crippen molar-refractivity contribution in [3.63, 3.8) is 0 Å². The number of hydrogen-bond acceptors (Lipinski definition) is 3. The van der Waals surface area contributed by atoms with Gasteiger partial charge in [0.15, 0.2) is 0 Å². The Labute approximate surface area is 109 Å². The van der Waals surface area contributed by atoms with Gasteiger partial charge in [-0.15, -0.1) is 0 Å². The van der Waals surface area contributed by atoms with Gasteiger partial charge < -0.3 is 4.74 Å². The second-order valence-electron chi connectivity index (χ2n) is 5.25. The Morgan fingerprint density at radius 2 is 2.22 bits per heavy atom. The molecule has 0 amide bonds. The van der Waals surface area contributed by atoms with E-state index >= 15 is 0 Å². The third-order valence-electron chi connectivity index (χ3n) is 3.82. The van der Waals surface area contributed by atoms with Crippen LogP contribution in [0, 0.1) is 19.8 Å². The molecule has 1 aliphatic carbocycles. The highest BCUT2D eigenvalue weighted by Crippen LogP contribution is 2.29. The quantitative estimate of drug-likeness (QED) is 0.824. The summed E-state index contributed by atoms with van der Waals surface area (Å²) in [7, 11) is 1.70. The first-order valence-corrected chi connectivity index (χ1v) is 6.62. The normalized spacial score (nSPS) is 19.9. The van der Waals surface area contributed by atoms with Crippen LogP contribution in [0.4, 0.5) is 0 Å². The highest BCUT2D eigenvalue weighted by molar-refractivity contribution is 5.79. The Morgan fingerprint density at radius 1 is 1.44 bits per heavy atom. The van der Waals surface area contributed by atoms with Gasteiger partial charge in [0.05, 0.1) is 7.11 Å². The summed E-state index contributed by atoms with van der Waals surface area (Å²) in [6, 6.07) is 0. The number of ketones is 1. The van der Waals surface area contributed by atoms with Gasteiger partial charge in [-0.05, 0) is 39.0 Å². The van der Waals surface area contributed by atoms with E-state index < -0.39 is 0 Å². The Hall–Kier alpha value is -1.38. The zero-order chi connectivity index (χ0) is 13.1. The molecule has 1 fully saturated rings. The molecule has 1 saturated carbocycles. The number of hydrogen-bond donors (Lipinski definition) is 0. The first-order chi connectivity index (χ1) is 8.61. The van der Waals surface area contributed by atoms with Gasteiger partial charge in [0.1, 0.15) is 11.5 Å². The van der Waals surface area contributed by atoms with Crippen molar-refractivity contribution in [1.29, 1.82) is 0 Å². The molecule has 3 nitrogen and oxygen atoms in total. The maximum atomic E-state index is 11.5. The molecule has 98 valence electrons. The average molecular weight is 247 g/mol. The van der Waals surface area contributed by atoms with E-state index in [-0.39, 0.29) is 0 Å². The molecule has 0 N–H and O–H groups in total. The standard InChI is InChI=1S/C15H21NO2/c1-10-9-16-14(11(2)15(10)18-3)8-12-5-4-6-13(17)7-12/h9,12H,4-8H2,1-3H3. The van der Waals surface area contributed by atoms with Crippen molar-refractivity contribution < 1.29 is 9.53 Å². The largest absolute Gasteiger partial charge is 0.496 e. The highest BCUT2D eigenvalue weighted by atomic mass is 16.5. The number of rotatable bonds is 3. The molecule has 2 rings (SSSR count). The number of carbonyl (C=O) groups is 1. The minimum Gasteiger partial charge on any atom is -0.496 e. The van der Waals surface area contributed by atoms with E-state index in [0.717, 1.165) is 54.7 Å². The van der Waals surface area contributed by atoms with Gasteiger partial charge in [-0.3, -0.25) is 9.78 Å². The van der Waals surface area contributed by atoms with Gasteiger partial charge in [0.2, 0.25) is 0 Å². The summed E-state index contributed by atoms with van der Waals surface area (Å²) in [5, 5.41) is 0. The summed E-state index contributed by atoms with van der Waals surface area (Å²) in [5.41, 5.74) is 3.27. The van der Waals surface area contributed by atoms with Gasteiger partial charge in [0, 0.05) is 35.9 Å². The lowest BCUT2D eigenvalue weighted by atomic mass is 9.84. The van der Waals surface area contributed by atoms with Crippen LogP contribution in [0.2, 0.25) is 0 Å². The summed E-state index contributed by atoms with van der Waals surface area (Å²) >= 11 is 0. The Bertz CT molecular complexity index is 454. The molecule has 0 saturated heterocycles. The number of methoxy groups -OCH3 is 1. The molecule has 0 spiro atoms. The lowest BCUT2D eigenvalue weighted by Crippen LogP contribution is -2.18. The van der Waals surface area contributed by atoms with Crippen molar-refractivity contribution in [2.45, 2.75) is 46.0 Å². The van der Waals surface area contributed by atoms with Crippen LogP contribution in [-0.2, 0) is 11.2 Å². The number of Topliss-reactive ketones (excluding diaryl/α,β-unsaturated/α-hetero) is 1. The number of aromatic nitrogens is 1. The lowest BCUT2D eigenvalue weighted by Gasteiger charge is -2.21. The molecule has 3 heteroatoms. The third kappa shape index (κ3) is 2.71. The van der Waals surface area contributed by atoms with Crippen LogP contribution in [0.1, 0.15) is 42.5 Å². The summed E-state index contributed by atoms with van der Waals surface area (Å²) in [6.07, 6.45) is 6.42. The maximum absolute atomic E-state index is 11.5. The van der Waals surface area contributed by atoms with Crippen molar-refractivity contribution in [3.05, 3.63) is 23.0 Å². The molecule has 1 atom stereocenters. The number of aryl methyl sites for hydroxylation is 1. The van der Waals surface area contributed by atoms with Crippen LogP contribution < -0.4 is 4.74 Å². The van der Waals surface area contributed by atoms with Crippen LogP contribution >= 0.6 is 0 Å². The monoisotopic (exact) mass is 247 g/mol. The first kappa shape index (κ1) is 13.1. The topological polar surface area (TPSA) is 39.2 Å². The minimum absolute atomic E-state index is 0.406. The smallest absolute Gasteiger partial charge is 0.133 e. The molecule has 0 bridgehead atoms. The molecule has 1 aromatic rings. The predicted octanol–water partition coefficient (Wildman–Crippen LogP) is 3.01. The van der Waals surface area contributed by atoms with E-state index in [2.05, 4.69) is 11.9 Å². The molecule has 0 radical (unpaired) electrons. The molecule has 0 aliphatic heterocycles. The second kappa shape index (κ2) is 5.51. The number of nitrogens with zero attached hydrogens (tertiary/aromatic N) is 1. The molecule has 1 aromatic heterocycles. The van der Waals surface area contributed by atoms with Gasteiger partial charge >= 0.3 is 0 Å². The van der Waals surface area contributed by atoms with Crippen LogP contribution in [0.15, 0.2) is 6.20 Å². The predicted molar refractivity (Wildman–Crippen MR) is 70.9 cm³/mol. The van der Waals surface area contributed by atoms with E-state index in [9.17, 15) is 4.79 Å². The zero-order valence-corrected chi connectivity index (χ0v) is 11.5. The summed E-state index contributed by atoms with van der Waals surface area (Å²) in [5.74, 6) is 1.80. The van der Waals surface area contributed by atoms with Gasteiger partial charge in [-0.2, -0.15) is 0 Å². The Morgan fingerprint density at radius 3 is 2.89 bits per heavy atom. The van der Waals surface area contributed by atoms with E-state index in [4.69, 9.17) is 4.74 Å². The second-order valence-corrected chi connectivity index (χ2v) is 5.25. The van der Waals surface area contributed by atoms with E-state index in [0.29, 0.717) is 11.7 Å². The summed E-state index contributed by atoms with van der Waals surface area (Å²) in [4.78, 5) is 16.0. The fourth-order valence-corrected chi connectivity index (χ4v) is 2.84. The van der Waals surface area contributed by atoms with Crippen molar-refractivity contribution in [3.8, 4) is 5.75 Å². The zero-order valence-electron chi connectivity index (χ0n) is 11.5. The van der Waals surface area contributed by atoms with Crippen LogP contribution in [0.3, 0.4) is 0 Å². The number of pyridine rings is 1. The molecule has 1 aliphatic rings. The van der Waals surface area contributed by atoms with E-state index in [1.807, 2.05) is 13.1 Å². The molecule has 0 aromatic carbocycles. The Kier molecular flexibility index (Phi) is 4.00. The van der Waals surface area contributed by atoms with E-state index in [1.54, 1.807) is 7.11 Å². The average Bonchev–Trinajstić information content (AvgIpc) is 2.34. The molecule has 1 unspecified atom stereocenters. The van der Waals surface area contributed by atoms with Crippen molar-refractivity contribution in [2.75, 3.05) is 7.11 Å². The Balaban J connectivity index is 2.16. The highest BCUT2D eigenvalue weighted by Gasteiger charge is 2.21. The number of carbonyl (C=O) groups excluding carboxylic acids is 1. The van der Waals surface area contributed by atoms with Crippen LogP contribution in [0.5, 0.6) is 5.75 Å². The van der Waals surface area contributed by atoms with E-state index in [1.165, 1.54) is 0 Å². The lowest BCUT2D eigenvalue weighted by molar-refractivity contribution is -0.121. The number of ether oxygens (including phenoxy) is 1. The summed E-state index contributed by atoms with van der Waals surface area (Å²) in [6.45, 7) is 4.06. The SMILES string of the molecule is COc1c(C)cnc(CC2CCCC(=O)C2)c1C. The van der Waals surface area contributed by atoms with Crippen LogP contribution in [0.25, 0.3) is 0 Å². The molecule has 1 heterocycles. The maximum Gasteiger partial charge on any atom is 0.133 e. The fraction of sp³-hybridized carbons (Fsp3) is 0.600. The third-order valence-corrected chi connectivity index (χ3v) is 3.82.